The van der Waals surface area contributed by atoms with Crippen molar-refractivity contribution in [3.8, 4) is 0 Å². The molecule has 0 unspecified atom stereocenters. The van der Waals surface area contributed by atoms with Gasteiger partial charge in [-0.05, 0) is 50.6 Å². The number of aryl methyl sites for hydroxylation is 1. The zero-order chi connectivity index (χ0) is 13.2. The van der Waals surface area contributed by atoms with Gasteiger partial charge in [-0.3, -0.25) is 4.90 Å². The van der Waals surface area contributed by atoms with Gasteiger partial charge in [0.15, 0.2) is 0 Å². The molecule has 3 rings (SSSR count). The van der Waals surface area contributed by atoms with Gasteiger partial charge in [0.05, 0.1) is 5.03 Å². The Hall–Kier alpha value is -0.440. The van der Waals surface area contributed by atoms with Gasteiger partial charge in [0.25, 0.3) is 0 Å². The molecule has 0 atom stereocenters. The van der Waals surface area contributed by atoms with Crippen LogP contribution in [-0.4, -0.2) is 30.3 Å². The lowest BCUT2D eigenvalue weighted by Crippen LogP contribution is -2.32. The topological polar surface area (TPSA) is 3.24 Å². The Morgan fingerprint density at radius 1 is 1.21 bits per heavy atom. The predicted molar refractivity (Wildman–Crippen MR) is 85.0 cm³/mol. The zero-order valence-electron chi connectivity index (χ0n) is 11.4. The van der Waals surface area contributed by atoms with E-state index in [2.05, 4.69) is 30.0 Å². The number of fused-ring (bicyclic) bond motifs is 1. The first kappa shape index (κ1) is 13.5. The third kappa shape index (κ3) is 3.01. The van der Waals surface area contributed by atoms with Crippen molar-refractivity contribution in [2.45, 2.75) is 31.1 Å². The van der Waals surface area contributed by atoms with Crippen molar-refractivity contribution in [3.63, 3.8) is 0 Å². The van der Waals surface area contributed by atoms with Crippen LogP contribution in [0.1, 0.15) is 30.4 Å². The first-order valence-electron chi connectivity index (χ1n) is 7.08. The van der Waals surface area contributed by atoms with Gasteiger partial charge >= 0.3 is 0 Å². The van der Waals surface area contributed by atoms with Gasteiger partial charge in [0.1, 0.15) is 0 Å². The van der Waals surface area contributed by atoms with Gasteiger partial charge in [0, 0.05) is 22.8 Å². The van der Waals surface area contributed by atoms with Crippen LogP contribution in [0.3, 0.4) is 0 Å². The van der Waals surface area contributed by atoms with Crippen molar-refractivity contribution < 1.29 is 0 Å². The zero-order valence-corrected chi connectivity index (χ0v) is 13.0. The molecule has 2 aliphatic rings. The SMILES string of the molecule is Cc1ccc2c(c1)C(Cl)=C(CN1CCCCC1)CS2. The van der Waals surface area contributed by atoms with E-state index in [1.807, 2.05) is 11.8 Å². The van der Waals surface area contributed by atoms with E-state index in [9.17, 15) is 0 Å². The van der Waals surface area contributed by atoms with E-state index in [0.717, 1.165) is 17.3 Å². The molecule has 1 nitrogen and oxygen atoms in total. The summed E-state index contributed by atoms with van der Waals surface area (Å²) in [5, 5.41) is 1.00. The molecule has 2 heterocycles. The fourth-order valence-electron chi connectivity index (χ4n) is 2.86. The summed E-state index contributed by atoms with van der Waals surface area (Å²) < 4.78 is 0. The molecular formula is C16H20ClNS. The number of halogens is 1. The second-order valence-electron chi connectivity index (χ2n) is 5.54. The van der Waals surface area contributed by atoms with Crippen LogP contribution in [0.2, 0.25) is 0 Å². The smallest absolute Gasteiger partial charge is 0.0503 e. The van der Waals surface area contributed by atoms with Crippen LogP contribution in [0, 0.1) is 6.92 Å². The van der Waals surface area contributed by atoms with Gasteiger partial charge in [-0.15, -0.1) is 11.8 Å². The van der Waals surface area contributed by atoms with Crippen molar-refractivity contribution in [1.82, 2.24) is 4.90 Å². The fourth-order valence-corrected chi connectivity index (χ4v) is 4.33. The minimum absolute atomic E-state index is 1.00. The van der Waals surface area contributed by atoms with Crippen LogP contribution < -0.4 is 0 Å². The molecule has 2 aliphatic heterocycles. The average molecular weight is 294 g/mol. The summed E-state index contributed by atoms with van der Waals surface area (Å²) in [5.74, 6) is 1.05. The minimum atomic E-state index is 1.00. The number of likely N-dealkylation sites (tertiary alicyclic amines) is 1. The van der Waals surface area contributed by atoms with Crippen molar-refractivity contribution >= 4 is 28.4 Å². The van der Waals surface area contributed by atoms with Crippen LogP contribution >= 0.6 is 23.4 Å². The normalized spacial score (nSPS) is 20.5. The Kier molecular flexibility index (Phi) is 4.21. The molecular weight excluding hydrogens is 274 g/mol. The minimum Gasteiger partial charge on any atom is -0.299 e. The highest BCUT2D eigenvalue weighted by atomic mass is 35.5. The Morgan fingerprint density at radius 3 is 2.79 bits per heavy atom. The van der Waals surface area contributed by atoms with Crippen LogP contribution in [0.4, 0.5) is 0 Å². The number of piperidine rings is 1. The van der Waals surface area contributed by atoms with E-state index >= 15 is 0 Å². The van der Waals surface area contributed by atoms with E-state index in [-0.39, 0.29) is 0 Å². The standard InChI is InChI=1S/C16H20ClNS/c1-12-5-6-15-14(9-12)16(17)13(11-19-15)10-18-7-3-2-4-8-18/h5-6,9H,2-4,7-8,10-11H2,1H3. The summed E-state index contributed by atoms with van der Waals surface area (Å²) in [7, 11) is 0. The first-order chi connectivity index (χ1) is 9.24. The number of hydrogen-bond acceptors (Lipinski definition) is 2. The Balaban J connectivity index is 1.83. The highest BCUT2D eigenvalue weighted by Crippen LogP contribution is 2.40. The quantitative estimate of drug-likeness (QED) is 0.788. The largest absolute Gasteiger partial charge is 0.299 e. The number of nitrogens with zero attached hydrogens (tertiary/aromatic N) is 1. The van der Waals surface area contributed by atoms with Gasteiger partial charge in [-0.25, -0.2) is 0 Å². The van der Waals surface area contributed by atoms with E-state index in [1.165, 1.54) is 53.9 Å². The van der Waals surface area contributed by atoms with E-state index in [0.29, 0.717) is 0 Å². The molecule has 0 radical (unpaired) electrons. The maximum Gasteiger partial charge on any atom is 0.0503 e. The van der Waals surface area contributed by atoms with Crippen molar-refractivity contribution in [2.24, 2.45) is 0 Å². The summed E-state index contributed by atoms with van der Waals surface area (Å²) in [6.07, 6.45) is 4.07. The number of hydrogen-bond donors (Lipinski definition) is 0. The number of benzene rings is 1. The number of thioether (sulfide) groups is 1. The number of rotatable bonds is 2. The summed E-state index contributed by atoms with van der Waals surface area (Å²) >= 11 is 8.57. The first-order valence-corrected chi connectivity index (χ1v) is 8.44. The Bertz CT molecular complexity index is 503. The van der Waals surface area contributed by atoms with Crippen molar-refractivity contribution in [2.75, 3.05) is 25.4 Å². The summed E-state index contributed by atoms with van der Waals surface area (Å²) in [4.78, 5) is 3.89. The molecule has 19 heavy (non-hydrogen) atoms. The maximum atomic E-state index is 6.64. The molecule has 0 spiro atoms. The molecule has 0 aromatic heterocycles. The lowest BCUT2D eigenvalue weighted by Gasteiger charge is -2.29. The van der Waals surface area contributed by atoms with E-state index in [4.69, 9.17) is 11.6 Å². The van der Waals surface area contributed by atoms with Crippen molar-refractivity contribution in [1.29, 1.82) is 0 Å². The molecule has 0 aliphatic carbocycles. The summed E-state index contributed by atoms with van der Waals surface area (Å²) in [6, 6.07) is 6.60. The lowest BCUT2D eigenvalue weighted by molar-refractivity contribution is 0.247. The second-order valence-corrected chi connectivity index (χ2v) is 6.94. The predicted octanol–water partition coefficient (Wildman–Crippen LogP) is 4.54. The molecule has 3 heteroatoms. The molecule has 0 saturated carbocycles. The van der Waals surface area contributed by atoms with Gasteiger partial charge in [0.2, 0.25) is 0 Å². The van der Waals surface area contributed by atoms with Crippen LogP contribution in [0.15, 0.2) is 28.7 Å². The Labute approximate surface area is 125 Å². The molecule has 1 fully saturated rings. The van der Waals surface area contributed by atoms with Gasteiger partial charge in [-0.2, -0.15) is 0 Å². The van der Waals surface area contributed by atoms with Crippen LogP contribution in [0.5, 0.6) is 0 Å². The van der Waals surface area contributed by atoms with E-state index in [1.54, 1.807) is 0 Å². The lowest BCUT2D eigenvalue weighted by atomic mass is 10.1. The molecule has 1 saturated heterocycles. The van der Waals surface area contributed by atoms with Crippen molar-refractivity contribution in [3.05, 3.63) is 34.9 Å². The third-order valence-electron chi connectivity index (χ3n) is 3.95. The maximum absolute atomic E-state index is 6.64. The van der Waals surface area contributed by atoms with Crippen LogP contribution in [-0.2, 0) is 0 Å². The fraction of sp³-hybridized carbons (Fsp3) is 0.500. The van der Waals surface area contributed by atoms with E-state index < -0.39 is 0 Å². The highest BCUT2D eigenvalue weighted by molar-refractivity contribution is 7.99. The van der Waals surface area contributed by atoms with Gasteiger partial charge < -0.3 is 0 Å². The van der Waals surface area contributed by atoms with Gasteiger partial charge in [-0.1, -0.05) is 29.7 Å². The molecule has 0 amide bonds. The molecule has 1 aromatic rings. The Morgan fingerprint density at radius 2 is 2.00 bits per heavy atom. The molecule has 102 valence electrons. The molecule has 0 N–H and O–H groups in total. The summed E-state index contributed by atoms with van der Waals surface area (Å²) in [5.41, 5.74) is 3.94. The average Bonchev–Trinajstić information content (AvgIpc) is 2.44. The summed E-state index contributed by atoms with van der Waals surface area (Å²) in [6.45, 7) is 5.66. The molecule has 0 bridgehead atoms. The second kappa shape index (κ2) is 5.90. The highest BCUT2D eigenvalue weighted by Gasteiger charge is 2.20. The third-order valence-corrected chi connectivity index (χ3v) is 5.58. The molecule has 1 aromatic carbocycles. The van der Waals surface area contributed by atoms with Crippen LogP contribution in [0.25, 0.3) is 5.03 Å². The monoisotopic (exact) mass is 293 g/mol.